The van der Waals surface area contributed by atoms with Crippen LogP contribution in [0.2, 0.25) is 4.34 Å². The Morgan fingerprint density at radius 1 is 1.57 bits per heavy atom. The SMILES string of the molecule is CCC(CCBr)NCc1ccc(Cl)s1. The topological polar surface area (TPSA) is 12.0 Å². The van der Waals surface area contributed by atoms with Gasteiger partial charge in [-0.2, -0.15) is 0 Å². The van der Waals surface area contributed by atoms with E-state index in [1.807, 2.05) is 6.07 Å². The second-order valence-corrected chi connectivity index (χ2v) is 5.76. The third-order valence-electron chi connectivity index (χ3n) is 2.14. The molecule has 1 unspecified atom stereocenters. The molecule has 1 aromatic rings. The molecule has 4 heteroatoms. The van der Waals surface area contributed by atoms with E-state index in [0.29, 0.717) is 6.04 Å². The van der Waals surface area contributed by atoms with Gasteiger partial charge < -0.3 is 5.32 Å². The summed E-state index contributed by atoms with van der Waals surface area (Å²) in [6.07, 6.45) is 2.35. The van der Waals surface area contributed by atoms with Crippen molar-refractivity contribution in [3.63, 3.8) is 0 Å². The molecule has 0 radical (unpaired) electrons. The Kier molecular flexibility index (Phi) is 6.10. The lowest BCUT2D eigenvalue weighted by Gasteiger charge is -2.14. The summed E-state index contributed by atoms with van der Waals surface area (Å²) in [5.41, 5.74) is 0. The maximum Gasteiger partial charge on any atom is 0.0931 e. The van der Waals surface area contributed by atoms with Crippen molar-refractivity contribution in [2.45, 2.75) is 32.4 Å². The molecule has 1 atom stereocenters. The van der Waals surface area contributed by atoms with Crippen LogP contribution in [0.25, 0.3) is 0 Å². The minimum atomic E-state index is 0.607. The molecule has 1 aromatic heterocycles. The molecule has 0 fully saturated rings. The van der Waals surface area contributed by atoms with Crippen LogP contribution < -0.4 is 5.32 Å². The first-order valence-electron chi connectivity index (χ1n) is 4.79. The smallest absolute Gasteiger partial charge is 0.0931 e. The lowest BCUT2D eigenvalue weighted by molar-refractivity contribution is 0.490. The lowest BCUT2D eigenvalue weighted by Crippen LogP contribution is -2.27. The van der Waals surface area contributed by atoms with Gasteiger partial charge >= 0.3 is 0 Å². The number of rotatable bonds is 6. The summed E-state index contributed by atoms with van der Waals surface area (Å²) < 4.78 is 0.871. The highest BCUT2D eigenvalue weighted by molar-refractivity contribution is 9.09. The van der Waals surface area contributed by atoms with Gasteiger partial charge in [0.2, 0.25) is 0 Å². The number of alkyl halides is 1. The molecule has 0 saturated heterocycles. The molecular formula is C10H15BrClNS. The van der Waals surface area contributed by atoms with Crippen LogP contribution >= 0.6 is 38.9 Å². The van der Waals surface area contributed by atoms with Crippen LogP contribution in [0.4, 0.5) is 0 Å². The summed E-state index contributed by atoms with van der Waals surface area (Å²) >= 11 is 11.0. The molecule has 0 bridgehead atoms. The van der Waals surface area contributed by atoms with Crippen molar-refractivity contribution >= 4 is 38.9 Å². The van der Waals surface area contributed by atoms with Crippen LogP contribution in [0.3, 0.4) is 0 Å². The quantitative estimate of drug-likeness (QED) is 0.781. The minimum Gasteiger partial charge on any atom is -0.309 e. The van der Waals surface area contributed by atoms with Crippen LogP contribution in [0.1, 0.15) is 24.6 Å². The van der Waals surface area contributed by atoms with Gasteiger partial charge in [0, 0.05) is 22.8 Å². The number of nitrogens with one attached hydrogen (secondary N) is 1. The molecule has 1 heterocycles. The summed E-state index contributed by atoms with van der Waals surface area (Å²) in [7, 11) is 0. The van der Waals surface area contributed by atoms with Crippen molar-refractivity contribution < 1.29 is 0 Å². The Labute approximate surface area is 103 Å². The highest BCUT2D eigenvalue weighted by Crippen LogP contribution is 2.21. The molecule has 0 aliphatic heterocycles. The lowest BCUT2D eigenvalue weighted by atomic mass is 10.2. The summed E-state index contributed by atoms with van der Waals surface area (Å²) in [6.45, 7) is 3.14. The second kappa shape index (κ2) is 6.83. The van der Waals surface area contributed by atoms with E-state index in [1.165, 1.54) is 17.7 Å². The molecule has 0 aliphatic carbocycles. The average Bonchev–Trinajstić information content (AvgIpc) is 2.59. The number of hydrogen-bond acceptors (Lipinski definition) is 2. The fraction of sp³-hybridized carbons (Fsp3) is 0.600. The van der Waals surface area contributed by atoms with Crippen molar-refractivity contribution in [3.8, 4) is 0 Å². The van der Waals surface area contributed by atoms with Crippen LogP contribution in [-0.4, -0.2) is 11.4 Å². The Bertz CT molecular complexity index is 264. The molecule has 0 spiro atoms. The van der Waals surface area contributed by atoms with E-state index in [-0.39, 0.29) is 0 Å². The number of hydrogen-bond donors (Lipinski definition) is 1. The maximum absolute atomic E-state index is 5.85. The van der Waals surface area contributed by atoms with Crippen LogP contribution in [0.5, 0.6) is 0 Å². The molecule has 0 aliphatic rings. The molecule has 80 valence electrons. The highest BCUT2D eigenvalue weighted by Gasteiger charge is 2.05. The number of thiophene rings is 1. The van der Waals surface area contributed by atoms with E-state index in [1.54, 1.807) is 11.3 Å². The van der Waals surface area contributed by atoms with E-state index in [9.17, 15) is 0 Å². The van der Waals surface area contributed by atoms with Gasteiger partial charge in [-0.3, -0.25) is 0 Å². The van der Waals surface area contributed by atoms with Gasteiger partial charge in [-0.05, 0) is 25.0 Å². The predicted octanol–water partition coefficient (Wildman–Crippen LogP) is 4.05. The first-order valence-corrected chi connectivity index (χ1v) is 7.11. The van der Waals surface area contributed by atoms with Crippen molar-refractivity contribution in [3.05, 3.63) is 21.3 Å². The maximum atomic E-state index is 5.85. The summed E-state index contributed by atoms with van der Waals surface area (Å²) in [6, 6.07) is 4.64. The zero-order valence-corrected chi connectivity index (χ0v) is 11.4. The molecule has 1 N–H and O–H groups in total. The zero-order valence-electron chi connectivity index (χ0n) is 8.22. The third-order valence-corrected chi connectivity index (χ3v) is 3.83. The van der Waals surface area contributed by atoms with E-state index in [2.05, 4.69) is 34.2 Å². The molecule has 0 amide bonds. The summed E-state index contributed by atoms with van der Waals surface area (Å²) in [5.74, 6) is 0. The fourth-order valence-electron chi connectivity index (χ4n) is 1.27. The van der Waals surface area contributed by atoms with Gasteiger partial charge in [-0.1, -0.05) is 34.5 Å². The fourth-order valence-corrected chi connectivity index (χ4v) is 2.86. The monoisotopic (exact) mass is 295 g/mol. The zero-order chi connectivity index (χ0) is 10.4. The molecule has 14 heavy (non-hydrogen) atoms. The Morgan fingerprint density at radius 2 is 2.36 bits per heavy atom. The van der Waals surface area contributed by atoms with Crippen LogP contribution in [0.15, 0.2) is 12.1 Å². The Hall–Kier alpha value is 0.430. The van der Waals surface area contributed by atoms with E-state index < -0.39 is 0 Å². The molecule has 1 nitrogen and oxygen atoms in total. The van der Waals surface area contributed by atoms with Gasteiger partial charge in [-0.25, -0.2) is 0 Å². The van der Waals surface area contributed by atoms with Crippen molar-refractivity contribution in [1.82, 2.24) is 5.32 Å². The van der Waals surface area contributed by atoms with Crippen LogP contribution in [-0.2, 0) is 6.54 Å². The first kappa shape index (κ1) is 12.5. The Morgan fingerprint density at radius 3 is 2.86 bits per heavy atom. The van der Waals surface area contributed by atoms with Crippen molar-refractivity contribution in [2.75, 3.05) is 5.33 Å². The van der Waals surface area contributed by atoms with Gasteiger partial charge in [0.25, 0.3) is 0 Å². The second-order valence-electron chi connectivity index (χ2n) is 3.17. The van der Waals surface area contributed by atoms with E-state index >= 15 is 0 Å². The highest BCUT2D eigenvalue weighted by atomic mass is 79.9. The average molecular weight is 297 g/mol. The molecule has 0 aromatic carbocycles. The van der Waals surface area contributed by atoms with Gasteiger partial charge in [0.1, 0.15) is 0 Å². The third kappa shape index (κ3) is 4.30. The normalized spacial score (nSPS) is 13.1. The first-order chi connectivity index (χ1) is 6.76. The number of halogens is 2. The Balaban J connectivity index is 2.31. The van der Waals surface area contributed by atoms with E-state index in [0.717, 1.165) is 16.2 Å². The van der Waals surface area contributed by atoms with Gasteiger partial charge in [0.15, 0.2) is 0 Å². The van der Waals surface area contributed by atoms with Crippen molar-refractivity contribution in [2.24, 2.45) is 0 Å². The van der Waals surface area contributed by atoms with Gasteiger partial charge in [0.05, 0.1) is 4.34 Å². The molecule has 0 saturated carbocycles. The minimum absolute atomic E-state index is 0.607. The molecule has 1 rings (SSSR count). The summed E-state index contributed by atoms with van der Waals surface area (Å²) in [5, 5.41) is 4.58. The predicted molar refractivity (Wildman–Crippen MR) is 68.7 cm³/mol. The standard InChI is InChI=1S/C10H15BrClNS/c1-2-8(5-6-11)13-7-9-3-4-10(12)14-9/h3-4,8,13H,2,5-7H2,1H3. The largest absolute Gasteiger partial charge is 0.309 e. The summed E-state index contributed by atoms with van der Waals surface area (Å²) in [4.78, 5) is 1.31. The molecular weight excluding hydrogens is 282 g/mol. The van der Waals surface area contributed by atoms with E-state index in [4.69, 9.17) is 11.6 Å². The van der Waals surface area contributed by atoms with Crippen LogP contribution in [0, 0.1) is 0 Å². The van der Waals surface area contributed by atoms with Crippen molar-refractivity contribution in [1.29, 1.82) is 0 Å². The van der Waals surface area contributed by atoms with Gasteiger partial charge in [-0.15, -0.1) is 11.3 Å².